The smallest absolute Gasteiger partial charge is 0.266 e. The predicted octanol–water partition coefficient (Wildman–Crippen LogP) is 2.56. The molecule has 0 radical (unpaired) electrons. The number of nitrogens with two attached hydrogens (primary N) is 1. The molecule has 0 aliphatic rings. The number of benzene rings is 2. The molecule has 0 atom stereocenters. The maximum atomic E-state index is 13.3. The van der Waals surface area contributed by atoms with Gasteiger partial charge in [0.15, 0.2) is 11.4 Å². The maximum Gasteiger partial charge on any atom is 0.266 e. The number of anilines is 1. The van der Waals surface area contributed by atoms with E-state index in [1.807, 2.05) is 13.0 Å². The Bertz CT molecular complexity index is 1530. The number of sulfonamides is 1. The lowest BCUT2D eigenvalue weighted by atomic mass is 10.1. The van der Waals surface area contributed by atoms with E-state index < -0.39 is 10.0 Å². The van der Waals surface area contributed by atoms with Gasteiger partial charge in [-0.15, -0.1) is 12.4 Å². The third-order valence-corrected chi connectivity index (χ3v) is 7.00. The summed E-state index contributed by atoms with van der Waals surface area (Å²) in [4.78, 5) is 12.1. The largest absolute Gasteiger partial charge is 0.496 e. The summed E-state index contributed by atoms with van der Waals surface area (Å²) in [6, 6.07) is 8.42. The van der Waals surface area contributed by atoms with Gasteiger partial charge in [-0.25, -0.2) is 8.42 Å². The van der Waals surface area contributed by atoms with Crippen molar-refractivity contribution >= 4 is 45.1 Å². The Morgan fingerprint density at radius 1 is 1.13 bits per heavy atom. The average molecular weight is 565 g/mol. The first-order chi connectivity index (χ1) is 17.8. The highest BCUT2D eigenvalue weighted by Crippen LogP contribution is 2.36. The molecule has 4 N–H and O–H groups in total. The Labute approximate surface area is 225 Å². The zero-order chi connectivity index (χ0) is 26.6. The molecule has 4 rings (SSSR count). The van der Waals surface area contributed by atoms with Crippen LogP contribution in [0.15, 0.2) is 52.1 Å². The molecule has 2 aromatic heterocycles. The lowest BCUT2D eigenvalue weighted by Gasteiger charge is -2.12. The van der Waals surface area contributed by atoms with Crippen LogP contribution in [0.5, 0.6) is 11.5 Å². The molecule has 1 amide bonds. The second kappa shape index (κ2) is 12.2. The first-order valence-electron chi connectivity index (χ1n) is 11.5. The van der Waals surface area contributed by atoms with E-state index in [1.165, 1.54) is 20.4 Å². The van der Waals surface area contributed by atoms with Crippen molar-refractivity contribution in [2.45, 2.75) is 24.8 Å². The van der Waals surface area contributed by atoms with Gasteiger partial charge < -0.3 is 25.0 Å². The van der Waals surface area contributed by atoms with Crippen LogP contribution in [0.2, 0.25) is 0 Å². The molecule has 0 fully saturated rings. The van der Waals surface area contributed by atoms with Crippen LogP contribution in [0.25, 0.3) is 11.0 Å². The summed E-state index contributed by atoms with van der Waals surface area (Å²) >= 11 is 0. The number of amides is 1. The molecule has 0 aliphatic heterocycles. The third-order valence-electron chi connectivity index (χ3n) is 5.64. The van der Waals surface area contributed by atoms with Crippen molar-refractivity contribution in [3.63, 3.8) is 0 Å². The van der Waals surface area contributed by atoms with Crippen molar-refractivity contribution in [2.75, 3.05) is 32.0 Å². The topological polar surface area (TPSA) is 164 Å². The van der Waals surface area contributed by atoms with Crippen LogP contribution < -0.4 is 25.2 Å². The fourth-order valence-electron chi connectivity index (χ4n) is 3.79. The minimum absolute atomic E-state index is 0. The SMILES string of the molecule is CCc1ccc(OC)c(S(=O)(=O)Nc2noc3cc(Cn4cc(C(=O)NCCN)cn4)cc(OC)c23)c1.Cl. The fourth-order valence-corrected chi connectivity index (χ4v) is 5.01. The number of nitrogens with one attached hydrogen (secondary N) is 2. The van der Waals surface area contributed by atoms with Crippen LogP contribution >= 0.6 is 12.4 Å². The number of hydrogen-bond donors (Lipinski definition) is 3. The summed E-state index contributed by atoms with van der Waals surface area (Å²) in [5.41, 5.74) is 7.72. The van der Waals surface area contributed by atoms with Gasteiger partial charge in [0.25, 0.3) is 15.9 Å². The number of nitrogens with zero attached hydrogens (tertiary/aromatic N) is 3. The second-order valence-corrected chi connectivity index (χ2v) is 9.77. The normalized spacial score (nSPS) is 11.2. The highest BCUT2D eigenvalue weighted by atomic mass is 35.5. The van der Waals surface area contributed by atoms with E-state index in [2.05, 4.69) is 20.3 Å². The molecule has 0 aliphatic carbocycles. The average Bonchev–Trinajstić information content (AvgIpc) is 3.53. The summed E-state index contributed by atoms with van der Waals surface area (Å²) in [7, 11) is -1.19. The summed E-state index contributed by atoms with van der Waals surface area (Å²) in [5, 5.41) is 11.2. The Kier molecular flexibility index (Phi) is 9.20. The first kappa shape index (κ1) is 28.8. The predicted molar refractivity (Wildman–Crippen MR) is 144 cm³/mol. The molecular formula is C24H29ClN6O6S. The van der Waals surface area contributed by atoms with Gasteiger partial charge in [-0.3, -0.25) is 14.2 Å². The molecule has 0 spiro atoms. The zero-order valence-electron chi connectivity index (χ0n) is 21.1. The monoisotopic (exact) mass is 564 g/mol. The van der Waals surface area contributed by atoms with Gasteiger partial charge in [0, 0.05) is 19.3 Å². The standard InChI is InChI=1S/C24H28N6O6S.ClH/c1-4-15-5-6-18(34-2)21(11-15)37(32,33)29-23-22-19(35-3)9-16(10-20(22)36-28-23)13-30-14-17(12-27-30)24(31)26-8-7-25;/h5-6,9-12,14H,4,7-8,13,25H2,1-3H3,(H,26,31)(H,28,29);1H. The van der Waals surface area contributed by atoms with Crippen LogP contribution in [0.4, 0.5) is 5.82 Å². The highest BCUT2D eigenvalue weighted by Gasteiger charge is 2.25. The molecule has 0 unspecified atom stereocenters. The molecule has 0 saturated heterocycles. The lowest BCUT2D eigenvalue weighted by Crippen LogP contribution is -2.28. The Balaban J connectivity index is 0.00000400. The number of halogens is 1. The van der Waals surface area contributed by atoms with Crippen molar-refractivity contribution in [1.82, 2.24) is 20.3 Å². The number of aromatic nitrogens is 3. The van der Waals surface area contributed by atoms with E-state index in [4.69, 9.17) is 19.7 Å². The fraction of sp³-hybridized carbons (Fsp3) is 0.292. The van der Waals surface area contributed by atoms with E-state index in [1.54, 1.807) is 35.1 Å². The van der Waals surface area contributed by atoms with Gasteiger partial charge in [-0.1, -0.05) is 18.1 Å². The van der Waals surface area contributed by atoms with E-state index in [-0.39, 0.29) is 34.8 Å². The molecule has 4 aromatic rings. The Morgan fingerprint density at radius 2 is 1.89 bits per heavy atom. The molecule has 14 heteroatoms. The number of fused-ring (bicyclic) bond motifs is 1. The lowest BCUT2D eigenvalue weighted by molar-refractivity contribution is 0.0954. The molecule has 204 valence electrons. The van der Waals surface area contributed by atoms with Gasteiger partial charge in [0.1, 0.15) is 21.8 Å². The van der Waals surface area contributed by atoms with Gasteiger partial charge in [-0.2, -0.15) is 5.10 Å². The first-order valence-corrected chi connectivity index (χ1v) is 12.9. The highest BCUT2D eigenvalue weighted by molar-refractivity contribution is 7.92. The summed E-state index contributed by atoms with van der Waals surface area (Å²) < 4.78 is 46.8. The number of carbonyl (C=O) groups is 1. The van der Waals surface area contributed by atoms with Gasteiger partial charge in [0.05, 0.1) is 32.5 Å². The minimum atomic E-state index is -4.06. The van der Waals surface area contributed by atoms with Crippen molar-refractivity contribution in [2.24, 2.45) is 5.73 Å². The van der Waals surface area contributed by atoms with Crippen LogP contribution in [-0.4, -0.2) is 56.6 Å². The Hall–Kier alpha value is -3.81. The Morgan fingerprint density at radius 3 is 2.58 bits per heavy atom. The number of carbonyl (C=O) groups excluding carboxylic acids is 1. The minimum Gasteiger partial charge on any atom is -0.496 e. The third kappa shape index (κ3) is 6.01. The quantitative estimate of drug-likeness (QED) is 0.248. The number of hydrogen-bond acceptors (Lipinski definition) is 9. The number of rotatable bonds is 11. The molecule has 0 saturated carbocycles. The number of aryl methyl sites for hydroxylation is 1. The van der Waals surface area contributed by atoms with E-state index >= 15 is 0 Å². The van der Waals surface area contributed by atoms with E-state index in [9.17, 15) is 13.2 Å². The van der Waals surface area contributed by atoms with Crippen LogP contribution in [0.1, 0.15) is 28.4 Å². The number of ether oxygens (including phenoxy) is 2. The molecule has 2 heterocycles. The number of methoxy groups -OCH3 is 2. The van der Waals surface area contributed by atoms with E-state index in [0.717, 1.165) is 11.1 Å². The zero-order valence-corrected chi connectivity index (χ0v) is 22.7. The summed E-state index contributed by atoms with van der Waals surface area (Å²) in [6.07, 6.45) is 3.73. The molecular weight excluding hydrogens is 536 g/mol. The van der Waals surface area contributed by atoms with Crippen molar-refractivity contribution in [3.8, 4) is 11.5 Å². The van der Waals surface area contributed by atoms with Gasteiger partial charge in [0.2, 0.25) is 0 Å². The van der Waals surface area contributed by atoms with Crippen LogP contribution in [0, 0.1) is 0 Å². The summed E-state index contributed by atoms with van der Waals surface area (Å²) in [5.74, 6) is 0.286. The molecule has 12 nitrogen and oxygen atoms in total. The van der Waals surface area contributed by atoms with Gasteiger partial charge >= 0.3 is 0 Å². The maximum absolute atomic E-state index is 13.3. The van der Waals surface area contributed by atoms with Crippen molar-refractivity contribution < 1.29 is 27.2 Å². The molecule has 0 bridgehead atoms. The van der Waals surface area contributed by atoms with Crippen LogP contribution in [0.3, 0.4) is 0 Å². The van der Waals surface area contributed by atoms with Crippen molar-refractivity contribution in [3.05, 3.63) is 59.4 Å². The molecule has 2 aromatic carbocycles. The van der Waals surface area contributed by atoms with E-state index in [0.29, 0.717) is 48.3 Å². The van der Waals surface area contributed by atoms with Crippen molar-refractivity contribution in [1.29, 1.82) is 0 Å². The van der Waals surface area contributed by atoms with Crippen LogP contribution in [-0.2, 0) is 23.0 Å². The second-order valence-electron chi connectivity index (χ2n) is 8.12. The molecule has 38 heavy (non-hydrogen) atoms. The van der Waals surface area contributed by atoms with Gasteiger partial charge in [-0.05, 0) is 41.8 Å². The summed E-state index contributed by atoms with van der Waals surface area (Å²) in [6.45, 7) is 2.94.